The summed E-state index contributed by atoms with van der Waals surface area (Å²) in [4.78, 5) is 16.1. The molecular formula is C13H18N8. The number of nitrogens with one attached hydrogen (secondary N) is 3. The van der Waals surface area contributed by atoms with Gasteiger partial charge in [0.1, 0.15) is 5.52 Å². The molecule has 3 N–H and O–H groups in total. The van der Waals surface area contributed by atoms with Crippen LogP contribution in [0.15, 0.2) is 18.7 Å². The average Bonchev–Trinajstić information content (AvgIpc) is 3.08. The van der Waals surface area contributed by atoms with Crippen molar-refractivity contribution >= 4 is 22.9 Å². The number of anilines is 2. The Labute approximate surface area is 122 Å². The first-order valence-electron chi connectivity index (χ1n) is 6.92. The zero-order chi connectivity index (χ0) is 14.7. The minimum absolute atomic E-state index is 0.584. The third-order valence-electron chi connectivity index (χ3n) is 3.09. The van der Waals surface area contributed by atoms with Gasteiger partial charge >= 0.3 is 0 Å². The summed E-state index contributed by atoms with van der Waals surface area (Å²) in [6.45, 7) is 3.54. The van der Waals surface area contributed by atoms with Crippen LogP contribution in [-0.4, -0.2) is 42.8 Å². The molecule has 0 aliphatic carbocycles. The number of aromatic nitrogens is 6. The molecule has 3 rings (SSSR count). The topological polar surface area (TPSA) is 96.3 Å². The van der Waals surface area contributed by atoms with Gasteiger partial charge in [0.15, 0.2) is 11.5 Å². The molecule has 3 heterocycles. The van der Waals surface area contributed by atoms with Crippen molar-refractivity contribution in [3.8, 4) is 0 Å². The van der Waals surface area contributed by atoms with Crippen LogP contribution in [0, 0.1) is 0 Å². The summed E-state index contributed by atoms with van der Waals surface area (Å²) in [5.41, 5.74) is 2.67. The fourth-order valence-corrected chi connectivity index (χ4v) is 2.12. The normalized spacial score (nSPS) is 11.0. The highest BCUT2D eigenvalue weighted by Gasteiger charge is 2.09. The molecule has 0 saturated heterocycles. The number of hydrogen-bond donors (Lipinski definition) is 3. The first-order chi connectivity index (χ1) is 10.3. The van der Waals surface area contributed by atoms with Gasteiger partial charge in [-0.2, -0.15) is 15.1 Å². The molecule has 21 heavy (non-hydrogen) atoms. The number of hydrogen-bond acceptors (Lipinski definition) is 6. The van der Waals surface area contributed by atoms with Crippen LogP contribution < -0.4 is 10.6 Å². The van der Waals surface area contributed by atoms with Gasteiger partial charge in [0.25, 0.3) is 0 Å². The Morgan fingerprint density at radius 3 is 2.95 bits per heavy atom. The van der Waals surface area contributed by atoms with E-state index < -0.39 is 0 Å². The lowest BCUT2D eigenvalue weighted by Gasteiger charge is -2.08. The monoisotopic (exact) mass is 286 g/mol. The van der Waals surface area contributed by atoms with E-state index in [1.54, 1.807) is 11.0 Å². The highest BCUT2D eigenvalue weighted by atomic mass is 15.2. The number of H-pyrrole nitrogens is 1. The second-order valence-electron chi connectivity index (χ2n) is 4.73. The van der Waals surface area contributed by atoms with E-state index in [4.69, 9.17) is 0 Å². The number of aromatic amines is 1. The molecule has 0 bridgehead atoms. The van der Waals surface area contributed by atoms with Gasteiger partial charge in [-0.15, -0.1) is 0 Å². The van der Waals surface area contributed by atoms with E-state index in [0.717, 1.165) is 30.8 Å². The molecular weight excluding hydrogens is 268 g/mol. The van der Waals surface area contributed by atoms with E-state index >= 15 is 0 Å². The Bertz CT molecular complexity index is 729. The van der Waals surface area contributed by atoms with Crippen LogP contribution in [0.5, 0.6) is 0 Å². The van der Waals surface area contributed by atoms with E-state index in [0.29, 0.717) is 11.6 Å². The number of rotatable bonds is 6. The maximum absolute atomic E-state index is 4.47. The predicted octanol–water partition coefficient (Wildman–Crippen LogP) is 1.17. The summed E-state index contributed by atoms with van der Waals surface area (Å²) in [6.07, 6.45) is 6.39. The van der Waals surface area contributed by atoms with Crippen LogP contribution in [-0.2, 0) is 13.5 Å². The number of imidazole rings is 1. The smallest absolute Gasteiger partial charge is 0.226 e. The quantitative estimate of drug-likeness (QED) is 0.629. The molecule has 0 spiro atoms. The predicted molar refractivity (Wildman–Crippen MR) is 81.2 cm³/mol. The summed E-state index contributed by atoms with van der Waals surface area (Å²) in [6, 6.07) is 0. The fraction of sp³-hybridized carbons (Fsp3) is 0.385. The molecule has 0 unspecified atom stereocenters. The van der Waals surface area contributed by atoms with Gasteiger partial charge in [-0.1, -0.05) is 0 Å². The van der Waals surface area contributed by atoms with Crippen LogP contribution in [0.1, 0.15) is 12.5 Å². The molecule has 0 aliphatic heterocycles. The lowest BCUT2D eigenvalue weighted by molar-refractivity contribution is 0.767. The minimum atomic E-state index is 0.584. The molecule has 3 aromatic rings. The lowest BCUT2D eigenvalue weighted by Crippen LogP contribution is -2.09. The van der Waals surface area contributed by atoms with Crippen LogP contribution in [0.2, 0.25) is 0 Å². The van der Waals surface area contributed by atoms with Gasteiger partial charge < -0.3 is 15.6 Å². The Morgan fingerprint density at radius 1 is 1.29 bits per heavy atom. The van der Waals surface area contributed by atoms with Gasteiger partial charge in [0, 0.05) is 26.3 Å². The van der Waals surface area contributed by atoms with Crippen molar-refractivity contribution in [1.82, 2.24) is 29.7 Å². The van der Waals surface area contributed by atoms with E-state index in [2.05, 4.69) is 35.7 Å². The molecule has 8 heteroatoms. The second-order valence-corrected chi connectivity index (χ2v) is 4.73. The van der Waals surface area contributed by atoms with Crippen molar-refractivity contribution in [2.24, 2.45) is 7.05 Å². The van der Waals surface area contributed by atoms with Gasteiger partial charge in [-0.3, -0.25) is 4.68 Å². The molecule has 0 radical (unpaired) electrons. The highest BCUT2D eigenvalue weighted by molar-refractivity contribution is 5.83. The van der Waals surface area contributed by atoms with Crippen molar-refractivity contribution in [3.05, 3.63) is 24.3 Å². The van der Waals surface area contributed by atoms with Crippen molar-refractivity contribution in [2.75, 3.05) is 23.7 Å². The largest absolute Gasteiger partial charge is 0.368 e. The molecule has 0 atom stereocenters. The van der Waals surface area contributed by atoms with Crippen molar-refractivity contribution in [2.45, 2.75) is 13.3 Å². The maximum atomic E-state index is 4.47. The van der Waals surface area contributed by atoms with E-state index in [-0.39, 0.29) is 0 Å². The molecule has 0 aliphatic rings. The molecule has 0 aromatic carbocycles. The van der Waals surface area contributed by atoms with Crippen LogP contribution in [0.4, 0.5) is 11.8 Å². The summed E-state index contributed by atoms with van der Waals surface area (Å²) in [5, 5.41) is 10.6. The third kappa shape index (κ3) is 2.93. The molecule has 8 nitrogen and oxygen atoms in total. The summed E-state index contributed by atoms with van der Waals surface area (Å²) in [5.74, 6) is 1.35. The van der Waals surface area contributed by atoms with Crippen LogP contribution in [0.3, 0.4) is 0 Å². The standard InChI is InChI=1S/C13H18N8/c1-3-14-13-19-11(10-12(20-13)17-8-16-10)15-5-4-9-6-18-21(2)7-9/h6-8H,3-5H2,1-2H3,(H3,14,15,16,17,19,20). The van der Waals surface area contributed by atoms with Crippen molar-refractivity contribution in [3.63, 3.8) is 0 Å². The minimum Gasteiger partial charge on any atom is -0.368 e. The van der Waals surface area contributed by atoms with E-state index in [9.17, 15) is 0 Å². The highest BCUT2D eigenvalue weighted by Crippen LogP contribution is 2.18. The summed E-state index contributed by atoms with van der Waals surface area (Å²) < 4.78 is 1.80. The first kappa shape index (κ1) is 13.3. The molecule has 0 saturated carbocycles. The molecule has 3 aromatic heterocycles. The van der Waals surface area contributed by atoms with Gasteiger partial charge in [-0.05, 0) is 18.9 Å². The van der Waals surface area contributed by atoms with Gasteiger partial charge in [-0.25, -0.2) is 4.98 Å². The maximum Gasteiger partial charge on any atom is 0.226 e. The average molecular weight is 286 g/mol. The van der Waals surface area contributed by atoms with E-state index in [1.807, 2.05) is 26.4 Å². The second kappa shape index (κ2) is 5.78. The van der Waals surface area contributed by atoms with Crippen molar-refractivity contribution < 1.29 is 0 Å². The fourth-order valence-electron chi connectivity index (χ4n) is 2.12. The molecule has 110 valence electrons. The summed E-state index contributed by atoms with van der Waals surface area (Å²) >= 11 is 0. The first-order valence-corrected chi connectivity index (χ1v) is 6.92. The summed E-state index contributed by atoms with van der Waals surface area (Å²) in [7, 11) is 1.91. The Kier molecular flexibility index (Phi) is 3.67. The van der Waals surface area contributed by atoms with Crippen molar-refractivity contribution in [1.29, 1.82) is 0 Å². The lowest BCUT2D eigenvalue weighted by atomic mass is 10.2. The van der Waals surface area contributed by atoms with Gasteiger partial charge in [0.2, 0.25) is 5.95 Å². The zero-order valence-corrected chi connectivity index (χ0v) is 12.1. The number of fused-ring (bicyclic) bond motifs is 1. The van der Waals surface area contributed by atoms with Gasteiger partial charge in [0.05, 0.1) is 12.5 Å². The number of aryl methyl sites for hydroxylation is 1. The van der Waals surface area contributed by atoms with E-state index in [1.165, 1.54) is 5.56 Å². The molecule has 0 fully saturated rings. The Morgan fingerprint density at radius 2 is 2.19 bits per heavy atom. The Balaban J connectivity index is 1.74. The third-order valence-corrected chi connectivity index (χ3v) is 3.09. The Hall–Kier alpha value is -2.64. The number of nitrogens with zero attached hydrogens (tertiary/aromatic N) is 5. The SMILES string of the molecule is CCNc1nc(NCCc2cnn(C)c2)c2[nH]cnc2n1. The van der Waals surface area contributed by atoms with Crippen LogP contribution in [0.25, 0.3) is 11.2 Å². The zero-order valence-electron chi connectivity index (χ0n) is 12.1. The van der Waals surface area contributed by atoms with Crippen LogP contribution >= 0.6 is 0 Å². The molecule has 0 amide bonds.